The lowest BCUT2D eigenvalue weighted by atomic mass is 10.1. The number of pyridine rings is 1. The lowest BCUT2D eigenvalue weighted by molar-refractivity contribution is 0.0177. The molecule has 1 saturated carbocycles. The topological polar surface area (TPSA) is 48.1 Å². The van der Waals surface area contributed by atoms with Crippen molar-refractivity contribution >= 4 is 0 Å². The van der Waals surface area contributed by atoms with Crippen LogP contribution < -0.4 is 5.73 Å². The largest absolute Gasteiger partial charge is 0.370 e. The highest BCUT2D eigenvalue weighted by Gasteiger charge is 2.20. The average molecular weight is 234 g/mol. The van der Waals surface area contributed by atoms with Crippen LogP contribution in [-0.4, -0.2) is 17.1 Å². The number of ether oxygens (including phenoxy) is 1. The van der Waals surface area contributed by atoms with E-state index in [1.807, 2.05) is 25.1 Å². The van der Waals surface area contributed by atoms with Crippen LogP contribution in [-0.2, 0) is 11.3 Å². The van der Waals surface area contributed by atoms with Crippen molar-refractivity contribution in [3.05, 3.63) is 29.6 Å². The van der Waals surface area contributed by atoms with Crippen molar-refractivity contribution in [1.82, 2.24) is 4.98 Å². The van der Waals surface area contributed by atoms with Gasteiger partial charge in [0.25, 0.3) is 0 Å². The summed E-state index contributed by atoms with van der Waals surface area (Å²) in [6.07, 6.45) is 6.15. The summed E-state index contributed by atoms with van der Waals surface area (Å²) in [6, 6.07) is 6.23. The van der Waals surface area contributed by atoms with E-state index in [0.717, 1.165) is 24.2 Å². The van der Waals surface area contributed by atoms with Crippen LogP contribution in [0.2, 0.25) is 0 Å². The maximum absolute atomic E-state index is 6.13. The zero-order valence-electron chi connectivity index (χ0n) is 10.6. The molecule has 2 atom stereocenters. The molecule has 3 nitrogen and oxygen atoms in total. The maximum atomic E-state index is 6.13. The lowest BCUT2D eigenvalue weighted by Crippen LogP contribution is -2.35. The molecule has 0 aliphatic heterocycles. The first kappa shape index (κ1) is 12.5. The molecule has 1 aromatic rings. The van der Waals surface area contributed by atoms with Crippen molar-refractivity contribution in [2.75, 3.05) is 0 Å². The summed E-state index contributed by atoms with van der Waals surface area (Å²) < 4.78 is 5.93. The molecule has 0 aromatic carbocycles. The van der Waals surface area contributed by atoms with Gasteiger partial charge in [0.2, 0.25) is 0 Å². The van der Waals surface area contributed by atoms with Crippen molar-refractivity contribution in [1.29, 1.82) is 0 Å². The summed E-state index contributed by atoms with van der Waals surface area (Å²) >= 11 is 0. The quantitative estimate of drug-likeness (QED) is 0.818. The summed E-state index contributed by atoms with van der Waals surface area (Å²) in [6.45, 7) is 2.58. The van der Waals surface area contributed by atoms with Gasteiger partial charge in [-0.25, -0.2) is 0 Å². The lowest BCUT2D eigenvalue weighted by Gasteiger charge is -2.21. The molecule has 0 saturated heterocycles. The fourth-order valence-electron chi connectivity index (χ4n) is 2.38. The standard InChI is InChI=1S/C14H22N2O/c1-11-6-5-7-12(16-11)10-17-14-9-4-2-3-8-13(14)15/h5-7,13-14H,2-4,8-10,15H2,1H3. The highest BCUT2D eigenvalue weighted by atomic mass is 16.5. The Balaban J connectivity index is 1.88. The molecule has 1 aromatic heterocycles. The molecule has 0 spiro atoms. The molecule has 2 N–H and O–H groups in total. The van der Waals surface area contributed by atoms with Crippen LogP contribution in [0.5, 0.6) is 0 Å². The molecule has 17 heavy (non-hydrogen) atoms. The zero-order valence-corrected chi connectivity index (χ0v) is 10.6. The van der Waals surface area contributed by atoms with Gasteiger partial charge in [-0.3, -0.25) is 4.98 Å². The zero-order chi connectivity index (χ0) is 12.1. The Morgan fingerprint density at radius 3 is 2.94 bits per heavy atom. The molecular formula is C14H22N2O. The first-order chi connectivity index (χ1) is 8.25. The van der Waals surface area contributed by atoms with E-state index >= 15 is 0 Å². The molecule has 0 amide bonds. The van der Waals surface area contributed by atoms with E-state index in [9.17, 15) is 0 Å². The van der Waals surface area contributed by atoms with Crippen LogP contribution >= 0.6 is 0 Å². The van der Waals surface area contributed by atoms with Gasteiger partial charge in [-0.05, 0) is 31.9 Å². The van der Waals surface area contributed by atoms with Gasteiger partial charge in [-0.2, -0.15) is 0 Å². The minimum atomic E-state index is 0.197. The third-order valence-corrected chi connectivity index (χ3v) is 3.39. The number of rotatable bonds is 3. The second-order valence-corrected chi connectivity index (χ2v) is 4.92. The molecular weight excluding hydrogens is 212 g/mol. The summed E-state index contributed by atoms with van der Waals surface area (Å²) in [4.78, 5) is 4.44. The number of hydrogen-bond acceptors (Lipinski definition) is 3. The van der Waals surface area contributed by atoms with E-state index in [2.05, 4.69) is 4.98 Å². The molecule has 1 heterocycles. The third-order valence-electron chi connectivity index (χ3n) is 3.39. The van der Waals surface area contributed by atoms with Gasteiger partial charge in [-0.1, -0.05) is 25.3 Å². The van der Waals surface area contributed by atoms with Crippen LogP contribution in [0.4, 0.5) is 0 Å². The highest BCUT2D eigenvalue weighted by molar-refractivity contribution is 5.09. The Labute approximate surface area is 103 Å². The fourth-order valence-corrected chi connectivity index (χ4v) is 2.38. The van der Waals surface area contributed by atoms with Gasteiger partial charge in [0.15, 0.2) is 0 Å². The summed E-state index contributed by atoms with van der Waals surface area (Å²) in [5.74, 6) is 0. The van der Waals surface area contributed by atoms with Gasteiger partial charge in [-0.15, -0.1) is 0 Å². The van der Waals surface area contributed by atoms with E-state index in [4.69, 9.17) is 10.5 Å². The van der Waals surface area contributed by atoms with Crippen LogP contribution in [0, 0.1) is 6.92 Å². The van der Waals surface area contributed by atoms with Crippen molar-refractivity contribution in [2.45, 2.75) is 57.8 Å². The second kappa shape index (κ2) is 6.12. The molecule has 3 heteroatoms. The normalized spacial score (nSPS) is 25.5. The van der Waals surface area contributed by atoms with E-state index < -0.39 is 0 Å². The van der Waals surface area contributed by atoms with Crippen LogP contribution in [0.15, 0.2) is 18.2 Å². The molecule has 1 aliphatic carbocycles. The number of aryl methyl sites for hydroxylation is 1. The molecule has 94 valence electrons. The Bertz CT molecular complexity index is 354. The minimum Gasteiger partial charge on any atom is -0.370 e. The summed E-state index contributed by atoms with van der Waals surface area (Å²) in [5.41, 5.74) is 8.17. The SMILES string of the molecule is Cc1cccc(COC2CCCCCC2N)n1. The first-order valence-electron chi connectivity index (χ1n) is 6.55. The van der Waals surface area contributed by atoms with E-state index in [1.54, 1.807) is 0 Å². The van der Waals surface area contributed by atoms with E-state index in [-0.39, 0.29) is 12.1 Å². The van der Waals surface area contributed by atoms with Crippen molar-refractivity contribution < 1.29 is 4.74 Å². The van der Waals surface area contributed by atoms with E-state index in [1.165, 1.54) is 19.3 Å². The monoisotopic (exact) mass is 234 g/mol. The van der Waals surface area contributed by atoms with Crippen LogP contribution in [0.25, 0.3) is 0 Å². The Morgan fingerprint density at radius 1 is 1.29 bits per heavy atom. The Kier molecular flexibility index (Phi) is 4.51. The van der Waals surface area contributed by atoms with Crippen molar-refractivity contribution in [3.8, 4) is 0 Å². The second-order valence-electron chi connectivity index (χ2n) is 4.92. The van der Waals surface area contributed by atoms with Crippen LogP contribution in [0.3, 0.4) is 0 Å². The summed E-state index contributed by atoms with van der Waals surface area (Å²) in [7, 11) is 0. The summed E-state index contributed by atoms with van der Waals surface area (Å²) in [5, 5.41) is 0. The van der Waals surface area contributed by atoms with Crippen molar-refractivity contribution in [2.24, 2.45) is 5.73 Å². The maximum Gasteiger partial charge on any atom is 0.0892 e. The number of nitrogens with zero attached hydrogens (tertiary/aromatic N) is 1. The molecule has 1 fully saturated rings. The molecule has 0 bridgehead atoms. The average Bonchev–Trinajstić information content (AvgIpc) is 2.52. The predicted molar refractivity (Wildman–Crippen MR) is 68.6 cm³/mol. The first-order valence-corrected chi connectivity index (χ1v) is 6.55. The van der Waals surface area contributed by atoms with Gasteiger partial charge < -0.3 is 10.5 Å². The number of aromatic nitrogens is 1. The van der Waals surface area contributed by atoms with Crippen LogP contribution in [0.1, 0.15) is 43.5 Å². The van der Waals surface area contributed by atoms with Crippen molar-refractivity contribution in [3.63, 3.8) is 0 Å². The Hall–Kier alpha value is -0.930. The predicted octanol–water partition coefficient (Wildman–Crippen LogP) is 2.57. The van der Waals surface area contributed by atoms with Gasteiger partial charge in [0.05, 0.1) is 18.4 Å². The Morgan fingerprint density at radius 2 is 2.12 bits per heavy atom. The molecule has 0 radical (unpaired) electrons. The highest BCUT2D eigenvalue weighted by Crippen LogP contribution is 2.20. The van der Waals surface area contributed by atoms with E-state index in [0.29, 0.717) is 6.61 Å². The van der Waals surface area contributed by atoms with Gasteiger partial charge in [0.1, 0.15) is 0 Å². The minimum absolute atomic E-state index is 0.197. The van der Waals surface area contributed by atoms with Gasteiger partial charge >= 0.3 is 0 Å². The number of hydrogen-bond donors (Lipinski definition) is 1. The molecule has 2 unspecified atom stereocenters. The fraction of sp³-hybridized carbons (Fsp3) is 0.643. The third kappa shape index (κ3) is 3.79. The van der Waals surface area contributed by atoms with Gasteiger partial charge in [0, 0.05) is 11.7 Å². The molecule has 2 rings (SSSR count). The molecule has 1 aliphatic rings. The smallest absolute Gasteiger partial charge is 0.0892 e. The number of nitrogens with two attached hydrogens (primary N) is 1.